The second-order valence-corrected chi connectivity index (χ2v) is 50.8. The Labute approximate surface area is 919 Å². The minimum Gasteiger partial charge on any atom is -0.438 e. The third kappa shape index (κ3) is 38.4. The topological polar surface area (TPSA) is 249 Å². The molecule has 0 spiro atoms. The fourth-order valence-electron chi connectivity index (χ4n) is 23.9. The van der Waals surface area contributed by atoms with Crippen molar-refractivity contribution in [3.63, 3.8) is 0 Å². The first-order valence-electron chi connectivity index (χ1n) is 53.5. The SMILES string of the molecule is C.C.C.C.C.C.C.C.C.C.C.C.C.C.CCC(C)(C)C(=O)OC(C)OC1C2(C)CCC(C2)C1(C)C.CCC(C)(C)C(=O)OC(C)OC1CC2CCC1(C)C2(C)C.CCC(C)(C)C(=O)OCOC1CC2CCC1(C)C2(C)C.CCC(C)(C)C(=O)OCOCC1CCCC1.CCC(C)(C)C(=O)OCOCC1CCCCC1.CCC(C)C(=O)OC(C)OC1CC2CCC1(C)C2(C)C.CCC(C)C(=O)OCOC1CC2CCC1(C)C2(C)C. The molecule has 0 amide bonds. The molecule has 21 nitrogen and oxygen atoms in total. The predicted octanol–water partition coefficient (Wildman–Crippen LogP) is 36.7. The van der Waals surface area contributed by atoms with Crippen LogP contribution in [0, 0.1) is 134 Å². The lowest BCUT2D eigenvalue weighted by molar-refractivity contribution is -0.219. The lowest BCUT2D eigenvalue weighted by atomic mass is 9.70. The first-order valence-corrected chi connectivity index (χ1v) is 53.5. The minimum absolute atomic E-state index is 0. The van der Waals surface area contributed by atoms with Crippen LogP contribution in [0.25, 0.3) is 0 Å². The van der Waals surface area contributed by atoms with Gasteiger partial charge in [0, 0.05) is 0 Å². The molecule has 0 saturated heterocycles. The normalized spacial score (nSPS) is 28.8. The van der Waals surface area contributed by atoms with E-state index in [0.29, 0.717) is 33.5 Å². The number of carbonyl (C=O) groups excluding carboxylic acids is 7. The van der Waals surface area contributed by atoms with Crippen molar-refractivity contribution >= 4 is 41.8 Å². The van der Waals surface area contributed by atoms with Crippen molar-refractivity contribution in [1.29, 1.82) is 0 Å². The molecule has 0 heterocycles. The van der Waals surface area contributed by atoms with Crippen LogP contribution in [0.15, 0.2) is 0 Å². The van der Waals surface area contributed by atoms with Gasteiger partial charge in [0.2, 0.25) is 0 Å². The quantitative estimate of drug-likeness (QED) is 0.0243. The Kier molecular flexibility index (Phi) is 72.1. The van der Waals surface area contributed by atoms with E-state index < -0.39 is 45.9 Å². The maximum Gasteiger partial charge on any atom is 0.313 e. The summed E-state index contributed by atoms with van der Waals surface area (Å²) in [4.78, 5) is 82.9. The van der Waals surface area contributed by atoms with Crippen molar-refractivity contribution in [3.8, 4) is 0 Å². The summed E-state index contributed by atoms with van der Waals surface area (Å²) in [6.07, 6.45) is 35.2. The van der Waals surface area contributed by atoms with Gasteiger partial charge in [-0.1, -0.05) is 302 Å². The zero-order valence-corrected chi connectivity index (χ0v) is 92.6. The van der Waals surface area contributed by atoms with Crippen LogP contribution in [-0.4, -0.2) is 132 Å². The van der Waals surface area contributed by atoms with Gasteiger partial charge in [-0.3, -0.25) is 33.6 Å². The molecule has 20 atom stereocenters. The Morgan fingerprint density at radius 3 is 0.818 bits per heavy atom. The highest BCUT2D eigenvalue weighted by atomic mass is 16.7. The van der Waals surface area contributed by atoms with Crippen LogP contribution in [0.5, 0.6) is 0 Å². The highest BCUT2D eigenvalue weighted by Crippen LogP contribution is 2.70. The van der Waals surface area contributed by atoms with Crippen molar-refractivity contribution in [3.05, 3.63) is 0 Å². The largest absolute Gasteiger partial charge is 0.438 e. The van der Waals surface area contributed by atoms with Crippen LogP contribution in [-0.2, 0) is 99.9 Å². The van der Waals surface area contributed by atoms with Gasteiger partial charge in [0.05, 0.1) is 82.6 Å². The van der Waals surface area contributed by atoms with Crippen molar-refractivity contribution in [1.82, 2.24) is 0 Å². The standard InChI is InChI=1S/2C18H32O3.2C17H30O3.C16H28O3.C14H26O3.C13H24O3.14CH4/c1-8-16(3,4)15(19)21-12(2)20-14-17(5,6)13-9-10-18(14,7)11-13;1-8-16(3,4)15(19)21-12(2)20-14-11-13-9-10-18(14,7)17(13,5)6;1-7-15(2,3)14(18)20-11-19-13-10-12-8-9-17(13,6)16(12,4)5;1-7-11(2)15(18)20-12(3)19-14-10-13-8-9-17(14,6)16(13,4)5;1-6-11(2)14(17)19-10-18-13-9-12-7-8-16(13,5)15(12,3)4;1-4-14(2,3)13(15)17-11-16-10-12-8-6-5-7-9-12;1-4-13(2,3)12(14)16-10-15-9-11-7-5-6-8-11;;;;;;;;;;;;;;/h2*12-14H,8-11H2,1-7H3;12-13H,7-11H2,1-6H3;11-14H,7-10H2,1-6H3;11-13H,6-10H2,1-5H3;12H,4-11H2,1-3H3;11H,4-10H2,1-3H3;14*1H4. The molecule has 20 unspecified atom stereocenters. The summed E-state index contributed by atoms with van der Waals surface area (Å²) in [5.74, 6) is 3.89. The van der Waals surface area contributed by atoms with Crippen molar-refractivity contribution in [2.24, 2.45) is 134 Å². The molecule has 0 aromatic carbocycles. The van der Waals surface area contributed by atoms with Crippen LogP contribution in [0.3, 0.4) is 0 Å². The van der Waals surface area contributed by atoms with Crippen LogP contribution in [0.1, 0.15) is 559 Å². The molecule has 0 aliphatic heterocycles. The van der Waals surface area contributed by atoms with Gasteiger partial charge >= 0.3 is 41.8 Å². The number of rotatable bonds is 37. The van der Waals surface area contributed by atoms with Gasteiger partial charge in [-0.05, 0) is 353 Å². The summed E-state index contributed by atoms with van der Waals surface area (Å²) >= 11 is 0. The van der Waals surface area contributed by atoms with Gasteiger partial charge in [-0.2, -0.15) is 0 Å². The Bertz CT molecular complexity index is 3690. The summed E-state index contributed by atoms with van der Waals surface area (Å²) in [6.45, 7) is 79.5. The Morgan fingerprint density at radius 2 is 0.547 bits per heavy atom. The molecular weight excluding hydrogens is 1860 g/mol. The molecule has 10 bridgehead atoms. The van der Waals surface area contributed by atoms with E-state index in [-0.39, 0.29) is 248 Å². The van der Waals surface area contributed by atoms with Gasteiger partial charge < -0.3 is 66.3 Å². The molecule has 148 heavy (non-hydrogen) atoms. The fraction of sp³-hybridized carbons (Fsp3) is 0.945. The molecule has 12 aliphatic rings. The summed E-state index contributed by atoms with van der Waals surface area (Å²) in [5, 5.41) is 0. The Hall–Kier alpha value is -3.99. The zero-order chi connectivity index (χ0) is 101. The maximum absolute atomic E-state index is 12.2. The van der Waals surface area contributed by atoms with Crippen molar-refractivity contribution in [2.45, 2.75) is 609 Å². The fourth-order valence-corrected chi connectivity index (χ4v) is 23.9. The van der Waals surface area contributed by atoms with Gasteiger partial charge in [0.25, 0.3) is 0 Å². The molecule has 0 aromatic heterocycles. The van der Waals surface area contributed by atoms with Crippen molar-refractivity contribution in [2.75, 3.05) is 40.4 Å². The highest BCUT2D eigenvalue weighted by Gasteiger charge is 2.67. The van der Waals surface area contributed by atoms with Gasteiger partial charge in [-0.15, -0.1) is 0 Å². The highest BCUT2D eigenvalue weighted by molar-refractivity contribution is 5.78. The summed E-state index contributed by atoms with van der Waals surface area (Å²) in [5.41, 5.74) is 0.569. The summed E-state index contributed by atoms with van der Waals surface area (Å²) in [7, 11) is 0. The molecule has 0 radical (unpaired) electrons. The third-order valence-corrected chi connectivity index (χ3v) is 39.5. The number of hydrogen-bond donors (Lipinski definition) is 0. The second kappa shape index (κ2) is 66.0. The van der Waals surface area contributed by atoms with Gasteiger partial charge in [0.15, 0.2) is 46.0 Å². The average Bonchev–Trinajstić information content (AvgIpc) is 1.50. The van der Waals surface area contributed by atoms with Crippen molar-refractivity contribution < 1.29 is 99.9 Å². The molecule has 12 saturated carbocycles. The van der Waals surface area contributed by atoms with Crippen LogP contribution < -0.4 is 0 Å². The third-order valence-electron chi connectivity index (χ3n) is 39.5. The molecule has 0 N–H and O–H groups in total. The first-order chi connectivity index (χ1) is 61.9. The summed E-state index contributed by atoms with van der Waals surface area (Å²) < 4.78 is 78.4. The first kappa shape index (κ1) is 162. The lowest BCUT2D eigenvalue weighted by Gasteiger charge is -2.43. The van der Waals surface area contributed by atoms with E-state index in [1.165, 1.54) is 128 Å². The molecule has 0 aromatic rings. The number of fused-ring (bicyclic) bond motifs is 10. The predicted molar refractivity (Wildman–Crippen MR) is 625 cm³/mol. The smallest absolute Gasteiger partial charge is 0.313 e. The molecule has 12 aliphatic carbocycles. The van der Waals surface area contributed by atoms with E-state index in [9.17, 15) is 33.6 Å². The average molecular weight is 2120 g/mol. The Balaban J connectivity index is -0.000000215. The number of ether oxygens (including phenoxy) is 14. The molecule has 12 fully saturated rings. The molecular formula is C127H258O21. The summed E-state index contributed by atoms with van der Waals surface area (Å²) in [6, 6.07) is 0. The van der Waals surface area contributed by atoms with Crippen LogP contribution in [0.4, 0.5) is 0 Å². The maximum atomic E-state index is 12.2. The Morgan fingerprint density at radius 1 is 0.291 bits per heavy atom. The van der Waals surface area contributed by atoms with E-state index in [4.69, 9.17) is 66.3 Å². The number of esters is 7. The van der Waals surface area contributed by atoms with Crippen LogP contribution >= 0.6 is 0 Å². The van der Waals surface area contributed by atoms with E-state index in [2.05, 4.69) is 104 Å². The van der Waals surface area contributed by atoms with E-state index in [0.717, 1.165) is 113 Å². The zero-order valence-electron chi connectivity index (χ0n) is 92.6. The molecule has 21 heteroatoms. The van der Waals surface area contributed by atoms with Crippen LogP contribution in [0.2, 0.25) is 0 Å². The second-order valence-electron chi connectivity index (χ2n) is 50.8. The van der Waals surface area contributed by atoms with Gasteiger partial charge in [0.1, 0.15) is 0 Å². The van der Waals surface area contributed by atoms with Gasteiger partial charge in [-0.25, -0.2) is 0 Å². The minimum atomic E-state index is -0.469. The van der Waals surface area contributed by atoms with E-state index >= 15 is 0 Å². The number of carbonyl (C=O) groups is 7. The van der Waals surface area contributed by atoms with E-state index in [1.807, 2.05) is 152 Å². The lowest BCUT2D eigenvalue weighted by Crippen LogP contribution is -2.45. The molecule has 12 rings (SSSR count). The molecule has 892 valence electrons. The monoisotopic (exact) mass is 2120 g/mol. The van der Waals surface area contributed by atoms with E-state index in [1.54, 1.807) is 0 Å². The number of hydrogen-bond acceptors (Lipinski definition) is 21.